The fourth-order valence-electron chi connectivity index (χ4n) is 4.49. The van der Waals surface area contributed by atoms with Gasteiger partial charge in [0.15, 0.2) is 0 Å². The molecule has 1 aromatic heterocycles. The Morgan fingerprint density at radius 1 is 1.26 bits per heavy atom. The Kier molecular flexibility index (Phi) is 5.06. The van der Waals surface area contributed by atoms with Gasteiger partial charge in [0.1, 0.15) is 0 Å². The van der Waals surface area contributed by atoms with Crippen molar-refractivity contribution in [3.05, 3.63) is 23.8 Å². The van der Waals surface area contributed by atoms with E-state index in [-0.39, 0.29) is 5.91 Å². The summed E-state index contributed by atoms with van der Waals surface area (Å²) >= 11 is 0. The van der Waals surface area contributed by atoms with Crippen molar-refractivity contribution in [1.82, 2.24) is 19.4 Å². The highest BCUT2D eigenvalue weighted by atomic mass is 16.5. The van der Waals surface area contributed by atoms with Gasteiger partial charge in [-0.05, 0) is 44.0 Å². The van der Waals surface area contributed by atoms with Crippen LogP contribution < -0.4 is 5.32 Å². The third kappa shape index (κ3) is 3.53. The number of anilines is 1. The zero-order valence-corrected chi connectivity index (χ0v) is 16.4. The predicted molar refractivity (Wildman–Crippen MR) is 106 cm³/mol. The Hall–Kier alpha value is -2.12. The second kappa shape index (κ2) is 7.48. The number of nitrogens with zero attached hydrogens (tertiary/aromatic N) is 4. The second-order valence-electron chi connectivity index (χ2n) is 7.89. The Morgan fingerprint density at radius 3 is 2.93 bits per heavy atom. The highest BCUT2D eigenvalue weighted by Crippen LogP contribution is 2.29. The van der Waals surface area contributed by atoms with Crippen molar-refractivity contribution in [2.45, 2.75) is 18.9 Å². The number of fused-ring (bicyclic) bond motifs is 5. The Labute approximate surface area is 160 Å². The summed E-state index contributed by atoms with van der Waals surface area (Å²) < 4.78 is 7.10. The number of carbonyl (C=O) groups is 1. The standard InChI is InChI=1S/C20H29N5O2/c1-23-11-14-4-6-16(13-23)25(12-14)19(26)15-5-7-18-17(10-15)22-20(24(18)2)21-8-9-27-3/h5,7,10,14,16H,4,6,8-9,11-13H2,1-3H3,(H,21,22)/t14-,16+/m0/s1. The number of amides is 1. The first-order valence-electron chi connectivity index (χ1n) is 9.75. The van der Waals surface area contributed by atoms with Gasteiger partial charge in [-0.15, -0.1) is 0 Å². The summed E-state index contributed by atoms with van der Waals surface area (Å²) in [6, 6.07) is 6.20. The van der Waals surface area contributed by atoms with Gasteiger partial charge in [-0.25, -0.2) is 4.98 Å². The number of methoxy groups -OCH3 is 1. The molecular weight excluding hydrogens is 342 g/mol. The van der Waals surface area contributed by atoms with Gasteiger partial charge in [0.05, 0.1) is 17.6 Å². The van der Waals surface area contributed by atoms with Gasteiger partial charge >= 0.3 is 0 Å². The first-order chi connectivity index (χ1) is 13.1. The lowest BCUT2D eigenvalue weighted by Gasteiger charge is -2.36. The average molecular weight is 371 g/mol. The third-order valence-corrected chi connectivity index (χ3v) is 5.87. The number of rotatable bonds is 5. The lowest BCUT2D eigenvalue weighted by atomic mass is 9.94. The summed E-state index contributed by atoms with van der Waals surface area (Å²) in [7, 11) is 5.83. The molecule has 1 N–H and O–H groups in total. The molecule has 146 valence electrons. The molecule has 7 heteroatoms. The van der Waals surface area contributed by atoms with E-state index >= 15 is 0 Å². The van der Waals surface area contributed by atoms with E-state index in [1.165, 1.54) is 6.42 Å². The molecular formula is C20H29N5O2. The predicted octanol–water partition coefficient (Wildman–Crippen LogP) is 1.80. The first-order valence-corrected chi connectivity index (χ1v) is 9.75. The summed E-state index contributed by atoms with van der Waals surface area (Å²) in [5.74, 6) is 1.52. The largest absolute Gasteiger partial charge is 0.383 e. The number of aryl methyl sites for hydroxylation is 1. The molecule has 0 unspecified atom stereocenters. The Balaban J connectivity index is 1.57. The normalized spacial score (nSPS) is 23.0. The third-order valence-electron chi connectivity index (χ3n) is 5.87. The molecule has 1 aromatic carbocycles. The lowest BCUT2D eigenvalue weighted by Crippen LogP contribution is -2.47. The number of benzene rings is 1. The monoisotopic (exact) mass is 371 g/mol. The number of aromatic nitrogens is 2. The fraction of sp³-hybridized carbons (Fsp3) is 0.600. The highest BCUT2D eigenvalue weighted by Gasteiger charge is 2.36. The lowest BCUT2D eigenvalue weighted by molar-refractivity contribution is 0.0587. The average Bonchev–Trinajstić information content (AvgIpc) is 2.79. The van der Waals surface area contributed by atoms with Crippen LogP contribution in [0.5, 0.6) is 0 Å². The number of hydrogen-bond acceptors (Lipinski definition) is 5. The maximum absolute atomic E-state index is 13.2. The molecule has 3 fully saturated rings. The molecule has 5 rings (SSSR count). The Bertz CT molecular complexity index is 833. The first kappa shape index (κ1) is 18.3. The molecule has 0 radical (unpaired) electrons. The van der Waals surface area contributed by atoms with E-state index in [4.69, 9.17) is 4.74 Å². The molecule has 0 spiro atoms. The molecule has 3 aliphatic heterocycles. The summed E-state index contributed by atoms with van der Waals surface area (Å²) in [4.78, 5) is 22.4. The topological polar surface area (TPSA) is 62.6 Å². The molecule has 7 nitrogen and oxygen atoms in total. The van der Waals surface area contributed by atoms with Crippen molar-refractivity contribution < 1.29 is 9.53 Å². The number of imidazole rings is 1. The number of nitrogens with one attached hydrogen (secondary N) is 1. The molecule has 27 heavy (non-hydrogen) atoms. The smallest absolute Gasteiger partial charge is 0.254 e. The number of piperidine rings is 1. The van der Waals surface area contributed by atoms with E-state index in [1.54, 1.807) is 7.11 Å². The van der Waals surface area contributed by atoms with Crippen molar-refractivity contribution in [3.8, 4) is 0 Å². The maximum Gasteiger partial charge on any atom is 0.254 e. The van der Waals surface area contributed by atoms with Gasteiger partial charge in [0.25, 0.3) is 5.91 Å². The summed E-state index contributed by atoms with van der Waals surface area (Å²) in [6.07, 6.45) is 2.34. The van der Waals surface area contributed by atoms with Crippen LogP contribution in [0.25, 0.3) is 11.0 Å². The van der Waals surface area contributed by atoms with Gasteiger partial charge in [-0.1, -0.05) is 0 Å². The number of hydrogen-bond donors (Lipinski definition) is 1. The SMILES string of the molecule is COCCNc1nc2cc(C(=O)N3C[C@H]4CC[C@@H]3CN(C)C4)ccc2n1C. The molecule has 2 aromatic rings. The Morgan fingerprint density at radius 2 is 2.11 bits per heavy atom. The molecule has 3 saturated heterocycles. The van der Waals surface area contributed by atoms with E-state index in [1.807, 2.05) is 29.8 Å². The van der Waals surface area contributed by atoms with Crippen LogP contribution in [-0.2, 0) is 11.8 Å². The van der Waals surface area contributed by atoms with Crippen LogP contribution in [0.3, 0.4) is 0 Å². The van der Waals surface area contributed by atoms with Crippen LogP contribution in [0.4, 0.5) is 5.95 Å². The van der Waals surface area contributed by atoms with Crippen molar-refractivity contribution in [2.24, 2.45) is 13.0 Å². The van der Waals surface area contributed by atoms with Gasteiger partial charge in [-0.2, -0.15) is 0 Å². The minimum absolute atomic E-state index is 0.140. The van der Waals surface area contributed by atoms with Gasteiger partial charge in [0, 0.05) is 51.9 Å². The minimum Gasteiger partial charge on any atom is -0.383 e. The van der Waals surface area contributed by atoms with Crippen molar-refractivity contribution in [2.75, 3.05) is 52.3 Å². The molecule has 2 bridgehead atoms. The van der Waals surface area contributed by atoms with E-state index in [0.29, 0.717) is 25.1 Å². The van der Waals surface area contributed by atoms with E-state index < -0.39 is 0 Å². The molecule has 0 aliphatic carbocycles. The van der Waals surface area contributed by atoms with E-state index in [2.05, 4.69) is 27.1 Å². The second-order valence-corrected chi connectivity index (χ2v) is 7.89. The molecule has 1 amide bonds. The van der Waals surface area contributed by atoms with Gasteiger partial charge < -0.3 is 24.4 Å². The number of ether oxygens (including phenoxy) is 1. The van der Waals surface area contributed by atoms with Crippen LogP contribution in [0.2, 0.25) is 0 Å². The van der Waals surface area contributed by atoms with Crippen LogP contribution >= 0.6 is 0 Å². The van der Waals surface area contributed by atoms with E-state index in [9.17, 15) is 4.79 Å². The van der Waals surface area contributed by atoms with Crippen molar-refractivity contribution in [1.29, 1.82) is 0 Å². The minimum atomic E-state index is 0.140. The molecule has 0 saturated carbocycles. The van der Waals surface area contributed by atoms with Crippen LogP contribution in [-0.4, -0.2) is 78.2 Å². The summed E-state index contributed by atoms with van der Waals surface area (Å²) in [5.41, 5.74) is 2.60. The molecule has 3 aliphatic rings. The maximum atomic E-state index is 13.2. The fourth-order valence-corrected chi connectivity index (χ4v) is 4.49. The zero-order valence-electron chi connectivity index (χ0n) is 16.4. The van der Waals surface area contributed by atoms with Crippen LogP contribution in [0.15, 0.2) is 18.2 Å². The van der Waals surface area contributed by atoms with E-state index in [0.717, 1.165) is 48.6 Å². The van der Waals surface area contributed by atoms with Crippen LogP contribution in [0.1, 0.15) is 23.2 Å². The van der Waals surface area contributed by atoms with Crippen molar-refractivity contribution >= 4 is 22.9 Å². The number of likely N-dealkylation sites (N-methyl/N-ethyl adjacent to an activating group) is 1. The summed E-state index contributed by atoms with van der Waals surface area (Å²) in [6.45, 7) is 4.26. The quantitative estimate of drug-likeness (QED) is 0.812. The molecule has 2 atom stereocenters. The summed E-state index contributed by atoms with van der Waals surface area (Å²) in [5, 5.41) is 3.28. The highest BCUT2D eigenvalue weighted by molar-refractivity contribution is 5.98. The van der Waals surface area contributed by atoms with Crippen molar-refractivity contribution in [3.63, 3.8) is 0 Å². The zero-order chi connectivity index (χ0) is 19.0. The number of carbonyl (C=O) groups excluding carboxylic acids is 1. The van der Waals surface area contributed by atoms with Crippen LogP contribution in [0, 0.1) is 5.92 Å². The molecule has 4 heterocycles. The van der Waals surface area contributed by atoms with Gasteiger partial charge in [0.2, 0.25) is 5.95 Å². The van der Waals surface area contributed by atoms with Gasteiger partial charge in [-0.3, -0.25) is 4.79 Å².